The van der Waals surface area contributed by atoms with Crippen molar-refractivity contribution >= 4 is 11.9 Å². The molecule has 0 aliphatic carbocycles. The number of phenols is 1. The lowest BCUT2D eigenvalue weighted by Gasteiger charge is -2.15. The number of hydrogen-bond acceptors (Lipinski definition) is 7. The number of benzene rings is 1. The van der Waals surface area contributed by atoms with Crippen molar-refractivity contribution < 1.29 is 34.0 Å². The Kier molecular flexibility index (Phi) is 9.28. The van der Waals surface area contributed by atoms with Crippen LogP contribution < -0.4 is 0 Å². The SMILES string of the molecule is C=CC(O)O[C@@H](C)COC(=O)CCC(=O)OCCc1ccc(O)cc1. The molecule has 0 fully saturated rings. The van der Waals surface area contributed by atoms with Gasteiger partial charge in [0, 0.05) is 6.42 Å². The number of aliphatic hydroxyl groups excluding tert-OH is 1. The molecule has 0 radical (unpaired) electrons. The molecule has 2 atom stereocenters. The van der Waals surface area contributed by atoms with Gasteiger partial charge in [0.1, 0.15) is 12.4 Å². The highest BCUT2D eigenvalue weighted by atomic mass is 16.6. The van der Waals surface area contributed by atoms with E-state index in [2.05, 4.69) is 6.58 Å². The minimum absolute atomic E-state index is 0.0281. The van der Waals surface area contributed by atoms with Gasteiger partial charge in [-0.1, -0.05) is 18.7 Å². The second kappa shape index (κ2) is 11.2. The fourth-order valence-electron chi connectivity index (χ4n) is 1.84. The van der Waals surface area contributed by atoms with E-state index in [4.69, 9.17) is 14.2 Å². The number of aromatic hydroxyl groups is 1. The molecule has 25 heavy (non-hydrogen) atoms. The fourth-order valence-corrected chi connectivity index (χ4v) is 1.84. The van der Waals surface area contributed by atoms with Gasteiger partial charge in [0.25, 0.3) is 0 Å². The summed E-state index contributed by atoms with van der Waals surface area (Å²) < 4.78 is 15.0. The van der Waals surface area contributed by atoms with Crippen LogP contribution in [-0.4, -0.2) is 47.8 Å². The predicted octanol–water partition coefficient (Wildman–Crippen LogP) is 1.71. The first-order chi connectivity index (χ1) is 11.9. The van der Waals surface area contributed by atoms with Crippen LogP contribution in [0.5, 0.6) is 5.75 Å². The molecular formula is C18H24O7. The number of carbonyl (C=O) groups is 2. The Morgan fingerprint density at radius 2 is 1.76 bits per heavy atom. The maximum Gasteiger partial charge on any atom is 0.306 e. The molecule has 1 unspecified atom stereocenters. The molecule has 0 bridgehead atoms. The molecule has 0 aromatic heterocycles. The molecule has 0 heterocycles. The van der Waals surface area contributed by atoms with Gasteiger partial charge in [-0.15, -0.1) is 0 Å². The molecule has 0 aliphatic heterocycles. The Labute approximate surface area is 146 Å². The third-order valence-corrected chi connectivity index (χ3v) is 3.18. The molecule has 1 rings (SSSR count). The van der Waals surface area contributed by atoms with Crippen molar-refractivity contribution in [2.24, 2.45) is 0 Å². The lowest BCUT2D eigenvalue weighted by molar-refractivity contribution is -0.158. The summed E-state index contributed by atoms with van der Waals surface area (Å²) >= 11 is 0. The Hall–Kier alpha value is -2.38. The topological polar surface area (TPSA) is 102 Å². The minimum atomic E-state index is -1.11. The zero-order chi connectivity index (χ0) is 18.7. The highest BCUT2D eigenvalue weighted by Gasteiger charge is 2.12. The summed E-state index contributed by atoms with van der Waals surface area (Å²) in [5, 5.41) is 18.4. The van der Waals surface area contributed by atoms with Crippen LogP contribution >= 0.6 is 0 Å². The summed E-state index contributed by atoms with van der Waals surface area (Å²) in [4.78, 5) is 23.1. The van der Waals surface area contributed by atoms with Gasteiger partial charge in [-0.3, -0.25) is 9.59 Å². The zero-order valence-corrected chi connectivity index (χ0v) is 14.2. The van der Waals surface area contributed by atoms with Crippen molar-refractivity contribution in [3.05, 3.63) is 42.5 Å². The molecule has 7 heteroatoms. The van der Waals surface area contributed by atoms with E-state index in [1.165, 1.54) is 6.08 Å². The van der Waals surface area contributed by atoms with Gasteiger partial charge >= 0.3 is 11.9 Å². The van der Waals surface area contributed by atoms with E-state index in [1.54, 1.807) is 31.2 Å². The maximum atomic E-state index is 11.6. The van der Waals surface area contributed by atoms with E-state index in [-0.39, 0.29) is 31.8 Å². The number of ether oxygens (including phenoxy) is 3. The molecule has 0 aliphatic rings. The number of hydrogen-bond donors (Lipinski definition) is 2. The second-order valence-electron chi connectivity index (χ2n) is 5.39. The number of aliphatic hydroxyl groups is 1. The van der Waals surface area contributed by atoms with Crippen LogP contribution in [0.1, 0.15) is 25.3 Å². The summed E-state index contributed by atoms with van der Waals surface area (Å²) in [6, 6.07) is 6.61. The van der Waals surface area contributed by atoms with Gasteiger partial charge in [0.15, 0.2) is 6.29 Å². The normalized spacial score (nSPS) is 12.9. The first-order valence-corrected chi connectivity index (χ1v) is 7.96. The lowest BCUT2D eigenvalue weighted by Crippen LogP contribution is -2.24. The number of phenolic OH excluding ortho intramolecular Hbond substituents is 1. The third-order valence-electron chi connectivity index (χ3n) is 3.18. The van der Waals surface area contributed by atoms with Gasteiger partial charge in [0.05, 0.1) is 25.6 Å². The van der Waals surface area contributed by atoms with Crippen LogP contribution in [0.25, 0.3) is 0 Å². The molecule has 0 saturated heterocycles. The third kappa shape index (κ3) is 9.49. The van der Waals surface area contributed by atoms with Crippen LogP contribution in [0, 0.1) is 0 Å². The lowest BCUT2D eigenvalue weighted by atomic mass is 10.1. The minimum Gasteiger partial charge on any atom is -0.508 e. The van der Waals surface area contributed by atoms with E-state index in [1.807, 2.05) is 0 Å². The van der Waals surface area contributed by atoms with Gasteiger partial charge in [-0.25, -0.2) is 0 Å². The van der Waals surface area contributed by atoms with Crippen molar-refractivity contribution in [3.63, 3.8) is 0 Å². The number of rotatable bonds is 11. The monoisotopic (exact) mass is 352 g/mol. The largest absolute Gasteiger partial charge is 0.508 e. The van der Waals surface area contributed by atoms with Crippen molar-refractivity contribution in [3.8, 4) is 5.75 Å². The van der Waals surface area contributed by atoms with Crippen LogP contribution in [0.2, 0.25) is 0 Å². The maximum absolute atomic E-state index is 11.6. The van der Waals surface area contributed by atoms with Crippen LogP contribution in [0.4, 0.5) is 0 Å². The fraction of sp³-hybridized carbons (Fsp3) is 0.444. The molecule has 0 amide bonds. The average molecular weight is 352 g/mol. The van der Waals surface area contributed by atoms with Crippen molar-refractivity contribution in [2.75, 3.05) is 13.2 Å². The highest BCUT2D eigenvalue weighted by Crippen LogP contribution is 2.10. The number of esters is 2. The molecule has 7 nitrogen and oxygen atoms in total. The van der Waals surface area contributed by atoms with E-state index >= 15 is 0 Å². The summed E-state index contributed by atoms with van der Waals surface area (Å²) in [5.41, 5.74) is 0.931. The van der Waals surface area contributed by atoms with Gasteiger partial charge in [0.2, 0.25) is 0 Å². The van der Waals surface area contributed by atoms with Crippen molar-refractivity contribution in [2.45, 2.75) is 38.6 Å². The smallest absolute Gasteiger partial charge is 0.306 e. The molecule has 2 N–H and O–H groups in total. The Balaban J connectivity index is 2.13. The average Bonchev–Trinajstić information content (AvgIpc) is 2.59. The van der Waals surface area contributed by atoms with E-state index in [0.29, 0.717) is 6.42 Å². The van der Waals surface area contributed by atoms with Crippen molar-refractivity contribution in [1.82, 2.24) is 0 Å². The summed E-state index contributed by atoms with van der Waals surface area (Å²) in [5.74, 6) is -0.848. The summed E-state index contributed by atoms with van der Waals surface area (Å²) in [6.45, 7) is 5.17. The van der Waals surface area contributed by atoms with Crippen LogP contribution in [-0.2, 0) is 30.2 Å². The molecule has 1 aromatic rings. The Bertz CT molecular complexity index is 553. The van der Waals surface area contributed by atoms with E-state index < -0.39 is 24.3 Å². The van der Waals surface area contributed by atoms with Gasteiger partial charge in [-0.2, -0.15) is 0 Å². The Morgan fingerprint density at radius 1 is 1.16 bits per heavy atom. The quantitative estimate of drug-likeness (QED) is 0.355. The van der Waals surface area contributed by atoms with Crippen LogP contribution in [0.3, 0.4) is 0 Å². The van der Waals surface area contributed by atoms with Gasteiger partial charge in [-0.05, 0) is 30.7 Å². The van der Waals surface area contributed by atoms with E-state index in [9.17, 15) is 19.8 Å². The molecule has 0 spiro atoms. The molecule has 0 saturated carbocycles. The molecular weight excluding hydrogens is 328 g/mol. The first kappa shape index (κ1) is 20.7. The zero-order valence-electron chi connectivity index (χ0n) is 14.2. The summed E-state index contributed by atoms with van der Waals surface area (Å²) in [6.07, 6.45) is -0.0246. The van der Waals surface area contributed by atoms with Crippen LogP contribution in [0.15, 0.2) is 36.9 Å². The number of carbonyl (C=O) groups excluding carboxylic acids is 2. The van der Waals surface area contributed by atoms with Crippen molar-refractivity contribution in [1.29, 1.82) is 0 Å². The van der Waals surface area contributed by atoms with Gasteiger partial charge < -0.3 is 24.4 Å². The van der Waals surface area contributed by atoms with E-state index in [0.717, 1.165) is 5.56 Å². The Morgan fingerprint density at radius 3 is 2.36 bits per heavy atom. The standard InChI is InChI=1S/C18H24O7/c1-3-16(20)25-13(2)12-24-18(22)9-8-17(21)23-11-10-14-4-6-15(19)7-5-14/h3-7,13,16,19-20H,1,8-12H2,2H3/t13-,16?/m0/s1. The first-order valence-electron chi connectivity index (χ1n) is 7.96. The molecule has 138 valence electrons. The second-order valence-corrected chi connectivity index (χ2v) is 5.39. The summed E-state index contributed by atoms with van der Waals surface area (Å²) in [7, 11) is 0. The molecule has 1 aromatic carbocycles. The predicted molar refractivity (Wildman–Crippen MR) is 89.7 cm³/mol. The highest BCUT2D eigenvalue weighted by molar-refractivity contribution is 5.77.